The summed E-state index contributed by atoms with van der Waals surface area (Å²) in [4.78, 5) is 23.8. The third-order valence-corrected chi connectivity index (χ3v) is 3.50. The maximum absolute atomic E-state index is 12.0. The molecule has 1 atom stereocenters. The predicted molar refractivity (Wildman–Crippen MR) is 90.4 cm³/mol. The summed E-state index contributed by atoms with van der Waals surface area (Å²) in [6.07, 6.45) is -0.0257. The fourth-order valence-electron chi connectivity index (χ4n) is 1.98. The van der Waals surface area contributed by atoms with Crippen molar-refractivity contribution in [2.24, 2.45) is 0 Å². The number of nitrogens with one attached hydrogen (secondary N) is 1. The number of rotatable bonds is 6. The van der Waals surface area contributed by atoms with Crippen LogP contribution in [0.3, 0.4) is 0 Å². The molecule has 2 aromatic rings. The van der Waals surface area contributed by atoms with Crippen LogP contribution in [0.4, 0.5) is 5.69 Å². The number of benzene rings is 2. The van der Waals surface area contributed by atoms with Crippen LogP contribution in [0.25, 0.3) is 0 Å². The van der Waals surface area contributed by atoms with E-state index in [1.165, 1.54) is 0 Å². The molecular formula is C18H18ClNO3. The molecule has 1 amide bonds. The number of hydrogen-bond acceptors (Lipinski definition) is 3. The van der Waals surface area contributed by atoms with Crippen LogP contribution in [0.2, 0.25) is 5.02 Å². The number of hydrogen-bond donors (Lipinski definition) is 1. The largest absolute Gasteiger partial charge is 0.453 e. The minimum Gasteiger partial charge on any atom is -0.453 e. The quantitative estimate of drug-likeness (QED) is 0.818. The van der Waals surface area contributed by atoms with Gasteiger partial charge in [0.2, 0.25) is 0 Å². The highest BCUT2D eigenvalue weighted by atomic mass is 35.5. The molecule has 0 aliphatic carbocycles. The molecule has 0 unspecified atom stereocenters. The van der Waals surface area contributed by atoms with E-state index in [0.29, 0.717) is 17.1 Å². The summed E-state index contributed by atoms with van der Waals surface area (Å²) in [7, 11) is 0. The van der Waals surface area contributed by atoms with Gasteiger partial charge in [0, 0.05) is 17.1 Å². The van der Waals surface area contributed by atoms with E-state index in [9.17, 15) is 9.59 Å². The third kappa shape index (κ3) is 5.75. The molecule has 0 saturated carbocycles. The monoisotopic (exact) mass is 331 g/mol. The molecule has 5 heteroatoms. The molecule has 0 radical (unpaired) electrons. The Bertz CT molecular complexity index is 656. The van der Waals surface area contributed by atoms with Gasteiger partial charge in [-0.3, -0.25) is 9.59 Å². The zero-order valence-corrected chi connectivity index (χ0v) is 13.5. The van der Waals surface area contributed by atoms with E-state index in [2.05, 4.69) is 5.32 Å². The molecule has 2 aromatic carbocycles. The Morgan fingerprint density at radius 2 is 1.74 bits per heavy atom. The van der Waals surface area contributed by atoms with E-state index in [4.69, 9.17) is 16.3 Å². The summed E-state index contributed by atoms with van der Waals surface area (Å²) in [5.74, 6) is -0.770. The lowest BCUT2D eigenvalue weighted by molar-refractivity contribution is -0.153. The molecule has 0 spiro atoms. The Balaban J connectivity index is 1.78. The molecule has 2 rings (SSSR count). The first kappa shape index (κ1) is 17.0. The minimum atomic E-state index is -0.853. The van der Waals surface area contributed by atoms with Crippen LogP contribution in [0, 0.1) is 0 Å². The van der Waals surface area contributed by atoms with Crippen molar-refractivity contribution in [3.05, 3.63) is 65.2 Å². The summed E-state index contributed by atoms with van der Waals surface area (Å²) in [6.45, 7) is 1.55. The van der Waals surface area contributed by atoms with Crippen molar-refractivity contribution in [1.82, 2.24) is 0 Å². The number of ether oxygens (including phenoxy) is 1. The van der Waals surface area contributed by atoms with Gasteiger partial charge in [0.1, 0.15) is 0 Å². The lowest BCUT2D eigenvalue weighted by Gasteiger charge is -2.13. The Morgan fingerprint density at radius 1 is 1.09 bits per heavy atom. The minimum absolute atomic E-state index is 0.239. The number of halogens is 1. The molecule has 4 nitrogen and oxygen atoms in total. The maximum Gasteiger partial charge on any atom is 0.306 e. The van der Waals surface area contributed by atoms with Crippen LogP contribution < -0.4 is 5.32 Å². The summed E-state index contributed by atoms with van der Waals surface area (Å²) in [5.41, 5.74) is 1.66. The number of carbonyl (C=O) groups is 2. The summed E-state index contributed by atoms with van der Waals surface area (Å²) in [6, 6.07) is 16.4. The first-order valence-corrected chi connectivity index (χ1v) is 7.72. The molecule has 1 N–H and O–H groups in total. The Morgan fingerprint density at radius 3 is 2.39 bits per heavy atom. The summed E-state index contributed by atoms with van der Waals surface area (Å²) < 4.78 is 5.15. The molecule has 120 valence electrons. The number of aryl methyl sites for hydroxylation is 1. The second-order valence-corrected chi connectivity index (χ2v) is 5.55. The normalized spacial score (nSPS) is 11.6. The fraction of sp³-hybridized carbons (Fsp3) is 0.222. The molecule has 0 aliphatic rings. The van der Waals surface area contributed by atoms with Crippen molar-refractivity contribution in [3.8, 4) is 0 Å². The van der Waals surface area contributed by atoms with Crippen molar-refractivity contribution in [2.75, 3.05) is 5.32 Å². The van der Waals surface area contributed by atoms with Crippen molar-refractivity contribution >= 4 is 29.2 Å². The molecular weight excluding hydrogens is 314 g/mol. The number of esters is 1. The van der Waals surface area contributed by atoms with Gasteiger partial charge in [0.25, 0.3) is 5.91 Å². The zero-order chi connectivity index (χ0) is 16.7. The summed E-state index contributed by atoms with van der Waals surface area (Å²) >= 11 is 5.78. The van der Waals surface area contributed by atoms with Crippen LogP contribution in [0.1, 0.15) is 18.9 Å². The molecule has 0 bridgehead atoms. The summed E-state index contributed by atoms with van der Waals surface area (Å²) in [5, 5.41) is 3.26. The lowest BCUT2D eigenvalue weighted by Crippen LogP contribution is -2.30. The van der Waals surface area contributed by atoms with Crippen LogP contribution in [-0.2, 0) is 20.7 Å². The number of anilines is 1. The topological polar surface area (TPSA) is 55.4 Å². The van der Waals surface area contributed by atoms with E-state index in [1.807, 2.05) is 30.3 Å². The Kier molecular flexibility index (Phi) is 6.18. The van der Waals surface area contributed by atoms with Gasteiger partial charge in [-0.1, -0.05) is 41.9 Å². The maximum atomic E-state index is 12.0. The van der Waals surface area contributed by atoms with Gasteiger partial charge in [-0.05, 0) is 43.2 Å². The molecule has 0 fully saturated rings. The number of amides is 1. The second kappa shape index (κ2) is 8.34. The molecule has 0 aromatic heterocycles. The van der Waals surface area contributed by atoms with Gasteiger partial charge in [-0.2, -0.15) is 0 Å². The van der Waals surface area contributed by atoms with E-state index in [0.717, 1.165) is 5.56 Å². The average Bonchev–Trinajstić information content (AvgIpc) is 2.56. The van der Waals surface area contributed by atoms with Gasteiger partial charge in [-0.25, -0.2) is 0 Å². The smallest absolute Gasteiger partial charge is 0.306 e. The van der Waals surface area contributed by atoms with Crippen LogP contribution >= 0.6 is 11.6 Å². The van der Waals surface area contributed by atoms with Crippen LogP contribution in [-0.4, -0.2) is 18.0 Å². The number of carbonyl (C=O) groups excluding carboxylic acids is 2. The van der Waals surface area contributed by atoms with Crippen molar-refractivity contribution in [1.29, 1.82) is 0 Å². The van der Waals surface area contributed by atoms with E-state index in [-0.39, 0.29) is 12.3 Å². The molecule has 0 saturated heterocycles. The SMILES string of the molecule is C[C@H](OC(=O)CCc1ccccc1)C(=O)Nc1ccc(Cl)cc1. The molecule has 0 heterocycles. The highest BCUT2D eigenvalue weighted by molar-refractivity contribution is 6.30. The standard InChI is InChI=1S/C18H18ClNO3/c1-13(18(22)20-16-10-8-15(19)9-11-16)23-17(21)12-7-14-5-3-2-4-6-14/h2-6,8-11,13H,7,12H2,1H3,(H,20,22)/t13-/m0/s1. The van der Waals surface area contributed by atoms with Crippen molar-refractivity contribution in [3.63, 3.8) is 0 Å². The molecule has 0 aliphatic heterocycles. The second-order valence-electron chi connectivity index (χ2n) is 5.11. The van der Waals surface area contributed by atoms with Gasteiger partial charge < -0.3 is 10.1 Å². The average molecular weight is 332 g/mol. The highest BCUT2D eigenvalue weighted by Gasteiger charge is 2.17. The highest BCUT2D eigenvalue weighted by Crippen LogP contribution is 2.14. The van der Waals surface area contributed by atoms with Gasteiger partial charge in [0.15, 0.2) is 6.10 Å². The van der Waals surface area contributed by atoms with E-state index >= 15 is 0 Å². The first-order valence-electron chi connectivity index (χ1n) is 7.34. The van der Waals surface area contributed by atoms with Gasteiger partial charge in [0.05, 0.1) is 0 Å². The van der Waals surface area contributed by atoms with Crippen LogP contribution in [0.15, 0.2) is 54.6 Å². The van der Waals surface area contributed by atoms with Gasteiger partial charge in [-0.15, -0.1) is 0 Å². The van der Waals surface area contributed by atoms with Crippen LogP contribution in [0.5, 0.6) is 0 Å². The van der Waals surface area contributed by atoms with Crippen molar-refractivity contribution < 1.29 is 14.3 Å². The van der Waals surface area contributed by atoms with Crippen molar-refractivity contribution in [2.45, 2.75) is 25.9 Å². The Hall–Kier alpha value is -2.33. The molecule has 23 heavy (non-hydrogen) atoms. The van der Waals surface area contributed by atoms with Gasteiger partial charge >= 0.3 is 5.97 Å². The Labute approximate surface area is 140 Å². The fourth-order valence-corrected chi connectivity index (χ4v) is 2.10. The predicted octanol–water partition coefficient (Wildman–Crippen LogP) is 3.84. The van der Waals surface area contributed by atoms with E-state index < -0.39 is 12.1 Å². The van der Waals surface area contributed by atoms with E-state index in [1.54, 1.807) is 31.2 Å². The zero-order valence-electron chi connectivity index (χ0n) is 12.8. The third-order valence-electron chi connectivity index (χ3n) is 3.25. The first-order chi connectivity index (χ1) is 11.0. The lowest BCUT2D eigenvalue weighted by atomic mass is 10.1.